The molecule has 1 heterocycles. The van der Waals surface area contributed by atoms with Crippen LogP contribution in [0.1, 0.15) is 45.1 Å². The number of carbonyl (C=O) groups excluding carboxylic acids is 2. The van der Waals surface area contributed by atoms with Crippen LogP contribution in [-0.4, -0.2) is 26.7 Å². The average molecular weight is 451 g/mol. The van der Waals surface area contributed by atoms with E-state index in [1.54, 1.807) is 41.8 Å². The summed E-state index contributed by atoms with van der Waals surface area (Å²) in [4.78, 5) is 42.9. The van der Waals surface area contributed by atoms with Gasteiger partial charge in [0.1, 0.15) is 0 Å². The summed E-state index contributed by atoms with van der Waals surface area (Å²) in [5, 5.41) is 5.50. The summed E-state index contributed by atoms with van der Waals surface area (Å²) in [5.41, 5.74) is 1.14. The second-order valence-electron chi connectivity index (χ2n) is 7.95. The first-order valence-electron chi connectivity index (χ1n) is 10.9. The highest BCUT2D eigenvalue weighted by Crippen LogP contribution is 2.32. The van der Waals surface area contributed by atoms with E-state index in [1.165, 1.54) is 18.2 Å². The molecule has 0 bridgehead atoms. The molecule has 2 N–H and O–H groups in total. The van der Waals surface area contributed by atoms with Crippen molar-refractivity contribution in [2.75, 3.05) is 5.32 Å². The van der Waals surface area contributed by atoms with Crippen molar-refractivity contribution in [3.63, 3.8) is 0 Å². The normalized spacial score (nSPS) is 15.3. The molecule has 166 valence electrons. The highest BCUT2D eigenvalue weighted by molar-refractivity contribution is 8.00. The minimum absolute atomic E-state index is 0.0700. The largest absolute Gasteiger partial charge is 0.325 e. The number of nitrogens with zero attached hydrogens (tertiary/aromatic N) is 2. The number of hydrogen-bond acceptors (Lipinski definition) is 5. The molecule has 1 aliphatic carbocycles. The molecule has 4 rings (SSSR count). The lowest BCUT2D eigenvalue weighted by atomic mass is 9.95. The Bertz CT molecular complexity index is 1170. The van der Waals surface area contributed by atoms with E-state index >= 15 is 0 Å². The van der Waals surface area contributed by atoms with E-state index < -0.39 is 17.2 Å². The Balaban J connectivity index is 1.55. The van der Waals surface area contributed by atoms with E-state index in [1.807, 2.05) is 24.3 Å². The van der Waals surface area contributed by atoms with E-state index in [0.29, 0.717) is 21.7 Å². The van der Waals surface area contributed by atoms with Crippen LogP contribution in [0, 0.1) is 0 Å². The number of amides is 3. The standard InChI is InChI=1S/C24H26N4O3S/c1-16(21(29)27-23(31)25-17-10-4-2-5-11-17)32-24-26-20-15-9-8-14-19(20)22(30)28(24)18-12-6-3-7-13-18/h2,4-5,8-11,14-16,18H,3,6-7,12-13H2,1H3,(H2,25,27,29,31). The maximum absolute atomic E-state index is 13.3. The molecule has 0 spiro atoms. The molecule has 0 radical (unpaired) electrons. The number of rotatable bonds is 5. The lowest BCUT2D eigenvalue weighted by molar-refractivity contribution is -0.119. The van der Waals surface area contributed by atoms with Crippen LogP contribution in [0.4, 0.5) is 10.5 Å². The summed E-state index contributed by atoms with van der Waals surface area (Å²) in [6.07, 6.45) is 5.17. The Hall–Kier alpha value is -3.13. The van der Waals surface area contributed by atoms with Gasteiger partial charge in [0.15, 0.2) is 5.16 Å². The number of nitrogens with one attached hydrogen (secondary N) is 2. The van der Waals surface area contributed by atoms with Crippen molar-refractivity contribution in [2.24, 2.45) is 0 Å². The highest BCUT2D eigenvalue weighted by atomic mass is 32.2. The van der Waals surface area contributed by atoms with Crippen molar-refractivity contribution in [1.29, 1.82) is 0 Å². The van der Waals surface area contributed by atoms with Gasteiger partial charge >= 0.3 is 6.03 Å². The molecule has 0 saturated heterocycles. The summed E-state index contributed by atoms with van der Waals surface area (Å²) >= 11 is 1.21. The SMILES string of the molecule is CC(Sc1nc2ccccc2c(=O)n1C1CCCCC1)C(=O)NC(=O)Nc1ccccc1. The molecule has 1 fully saturated rings. The lowest BCUT2D eigenvalue weighted by Crippen LogP contribution is -2.39. The molecule has 32 heavy (non-hydrogen) atoms. The number of carbonyl (C=O) groups is 2. The fourth-order valence-electron chi connectivity index (χ4n) is 3.98. The predicted octanol–water partition coefficient (Wildman–Crippen LogP) is 4.73. The van der Waals surface area contributed by atoms with Gasteiger partial charge < -0.3 is 5.32 Å². The molecule has 8 heteroatoms. The first kappa shape index (κ1) is 22.1. The van der Waals surface area contributed by atoms with E-state index in [4.69, 9.17) is 4.98 Å². The number of anilines is 1. The van der Waals surface area contributed by atoms with Crippen LogP contribution in [-0.2, 0) is 4.79 Å². The van der Waals surface area contributed by atoms with E-state index in [-0.39, 0.29) is 11.6 Å². The van der Waals surface area contributed by atoms with Gasteiger partial charge in [0.25, 0.3) is 5.56 Å². The summed E-state index contributed by atoms with van der Waals surface area (Å²) in [6, 6.07) is 15.7. The Labute approximate surface area is 190 Å². The van der Waals surface area contributed by atoms with Crippen molar-refractivity contribution in [1.82, 2.24) is 14.9 Å². The van der Waals surface area contributed by atoms with Gasteiger partial charge in [0.05, 0.1) is 16.2 Å². The van der Waals surface area contributed by atoms with Crippen molar-refractivity contribution < 1.29 is 9.59 Å². The molecule has 1 atom stereocenters. The molecular weight excluding hydrogens is 424 g/mol. The van der Waals surface area contributed by atoms with Crippen molar-refractivity contribution in [2.45, 2.75) is 55.5 Å². The maximum Gasteiger partial charge on any atom is 0.325 e. The van der Waals surface area contributed by atoms with Gasteiger partial charge in [-0.2, -0.15) is 0 Å². The minimum Gasteiger partial charge on any atom is -0.308 e. The Morgan fingerprint density at radius 1 is 1.03 bits per heavy atom. The third-order valence-electron chi connectivity index (χ3n) is 5.64. The molecule has 7 nitrogen and oxygen atoms in total. The van der Waals surface area contributed by atoms with Crippen molar-refractivity contribution in [3.8, 4) is 0 Å². The van der Waals surface area contributed by atoms with Crippen LogP contribution >= 0.6 is 11.8 Å². The highest BCUT2D eigenvalue weighted by Gasteiger charge is 2.25. The second-order valence-corrected chi connectivity index (χ2v) is 9.26. The van der Waals surface area contributed by atoms with Crippen LogP contribution in [0.5, 0.6) is 0 Å². The molecule has 3 aromatic rings. The Kier molecular flexibility index (Phi) is 6.90. The third kappa shape index (κ3) is 5.02. The fraction of sp³-hybridized carbons (Fsp3) is 0.333. The minimum atomic E-state index is -0.612. The average Bonchev–Trinajstić information content (AvgIpc) is 2.80. The third-order valence-corrected chi connectivity index (χ3v) is 6.70. The number of benzene rings is 2. The summed E-state index contributed by atoms with van der Waals surface area (Å²) < 4.78 is 1.76. The van der Waals surface area contributed by atoms with Crippen LogP contribution in [0.15, 0.2) is 64.5 Å². The van der Waals surface area contributed by atoms with E-state index in [9.17, 15) is 14.4 Å². The number of thioether (sulfide) groups is 1. The molecule has 1 aliphatic rings. The van der Waals surface area contributed by atoms with Gasteiger partial charge in [-0.25, -0.2) is 9.78 Å². The zero-order valence-electron chi connectivity index (χ0n) is 17.9. The van der Waals surface area contributed by atoms with Crippen LogP contribution in [0.3, 0.4) is 0 Å². The topological polar surface area (TPSA) is 93.1 Å². The zero-order chi connectivity index (χ0) is 22.5. The molecule has 1 unspecified atom stereocenters. The van der Waals surface area contributed by atoms with Crippen LogP contribution in [0.2, 0.25) is 0 Å². The first-order chi connectivity index (χ1) is 15.5. The lowest BCUT2D eigenvalue weighted by Gasteiger charge is -2.26. The molecular formula is C24H26N4O3S. The molecule has 0 aliphatic heterocycles. The first-order valence-corrected chi connectivity index (χ1v) is 11.8. The summed E-state index contributed by atoms with van der Waals surface area (Å²) in [5.74, 6) is -0.443. The van der Waals surface area contributed by atoms with Crippen molar-refractivity contribution >= 4 is 40.3 Å². The maximum atomic E-state index is 13.3. The van der Waals surface area contributed by atoms with Crippen molar-refractivity contribution in [3.05, 3.63) is 65.0 Å². The van der Waals surface area contributed by atoms with Gasteiger partial charge in [0, 0.05) is 11.7 Å². The monoisotopic (exact) mass is 450 g/mol. The van der Waals surface area contributed by atoms with E-state index in [0.717, 1.165) is 25.7 Å². The summed E-state index contributed by atoms with van der Waals surface area (Å²) in [6.45, 7) is 1.71. The quantitative estimate of drug-likeness (QED) is 0.433. The molecule has 1 aromatic heterocycles. The molecule has 3 amide bonds. The Morgan fingerprint density at radius 3 is 2.47 bits per heavy atom. The van der Waals surface area contributed by atoms with Gasteiger partial charge in [-0.1, -0.05) is 61.4 Å². The second kappa shape index (κ2) is 9.99. The zero-order valence-corrected chi connectivity index (χ0v) is 18.7. The van der Waals surface area contributed by atoms with Gasteiger partial charge in [-0.15, -0.1) is 0 Å². The number of aromatic nitrogens is 2. The van der Waals surface area contributed by atoms with Gasteiger partial charge in [-0.05, 0) is 44.0 Å². The molecule has 2 aromatic carbocycles. The van der Waals surface area contributed by atoms with Gasteiger partial charge in [-0.3, -0.25) is 19.5 Å². The Morgan fingerprint density at radius 2 is 1.72 bits per heavy atom. The number of para-hydroxylation sites is 2. The van der Waals surface area contributed by atoms with Crippen LogP contribution < -0.4 is 16.2 Å². The smallest absolute Gasteiger partial charge is 0.308 e. The number of imide groups is 1. The number of urea groups is 1. The fourth-order valence-corrected chi connectivity index (χ4v) is 4.96. The number of fused-ring (bicyclic) bond motifs is 1. The van der Waals surface area contributed by atoms with E-state index in [2.05, 4.69) is 10.6 Å². The predicted molar refractivity (Wildman–Crippen MR) is 127 cm³/mol. The molecule has 1 saturated carbocycles. The number of hydrogen-bond donors (Lipinski definition) is 2. The summed E-state index contributed by atoms with van der Waals surface area (Å²) in [7, 11) is 0. The van der Waals surface area contributed by atoms with Crippen LogP contribution in [0.25, 0.3) is 10.9 Å². The van der Waals surface area contributed by atoms with Gasteiger partial charge in [0.2, 0.25) is 5.91 Å².